The molecule has 0 spiro atoms. The molecule has 1 heterocycles. The highest BCUT2D eigenvalue weighted by Crippen LogP contribution is 2.22. The summed E-state index contributed by atoms with van der Waals surface area (Å²) in [5.41, 5.74) is 1.11. The molecule has 0 bridgehead atoms. The van der Waals surface area contributed by atoms with Gasteiger partial charge < -0.3 is 5.32 Å². The van der Waals surface area contributed by atoms with Gasteiger partial charge in [0.25, 0.3) is 0 Å². The van der Waals surface area contributed by atoms with Crippen LogP contribution in [0.2, 0.25) is 0 Å². The number of hydrogen-bond acceptors (Lipinski definition) is 6. The SMILES string of the molecule is CCN(CC)C(CNC(=O)C(CCSC)NS(=O)(=O)c1ccccc1F)c1ccsc1. The number of thiophene rings is 1. The van der Waals surface area contributed by atoms with Gasteiger partial charge in [-0.15, -0.1) is 0 Å². The first-order valence-electron chi connectivity index (χ1n) is 10.1. The van der Waals surface area contributed by atoms with E-state index in [1.165, 1.54) is 30.0 Å². The highest BCUT2D eigenvalue weighted by Gasteiger charge is 2.28. The molecule has 31 heavy (non-hydrogen) atoms. The average molecular weight is 488 g/mol. The van der Waals surface area contributed by atoms with Crippen molar-refractivity contribution in [2.45, 2.75) is 37.2 Å². The number of likely N-dealkylation sites (N-methyl/N-ethyl adjacent to an activating group) is 1. The van der Waals surface area contributed by atoms with E-state index in [1.54, 1.807) is 11.3 Å². The maximum absolute atomic E-state index is 14.0. The summed E-state index contributed by atoms with van der Waals surface area (Å²) in [5.74, 6) is -0.679. The zero-order valence-electron chi connectivity index (χ0n) is 18.0. The summed E-state index contributed by atoms with van der Waals surface area (Å²) in [4.78, 5) is 14.7. The normalized spacial score (nSPS) is 13.8. The number of nitrogens with zero attached hydrogens (tertiary/aromatic N) is 1. The van der Waals surface area contributed by atoms with Gasteiger partial charge in [-0.3, -0.25) is 9.69 Å². The lowest BCUT2D eigenvalue weighted by molar-refractivity contribution is -0.123. The van der Waals surface area contributed by atoms with Crippen molar-refractivity contribution in [2.24, 2.45) is 0 Å². The monoisotopic (exact) mass is 487 g/mol. The van der Waals surface area contributed by atoms with E-state index in [2.05, 4.69) is 34.2 Å². The number of rotatable bonds is 13. The first kappa shape index (κ1) is 25.8. The number of carbonyl (C=O) groups excluding carboxylic acids is 1. The van der Waals surface area contributed by atoms with Gasteiger partial charge in [0.05, 0.1) is 6.04 Å². The molecular weight excluding hydrogens is 457 g/mol. The van der Waals surface area contributed by atoms with E-state index in [9.17, 15) is 17.6 Å². The number of sulfonamides is 1. The Morgan fingerprint density at radius 2 is 1.94 bits per heavy atom. The number of nitrogens with one attached hydrogen (secondary N) is 2. The third-order valence-electron chi connectivity index (χ3n) is 5.00. The number of thioether (sulfide) groups is 1. The molecule has 0 saturated carbocycles. The molecule has 0 aliphatic heterocycles. The lowest BCUT2D eigenvalue weighted by atomic mass is 10.1. The lowest BCUT2D eigenvalue weighted by Crippen LogP contribution is -2.49. The predicted octanol–water partition coefficient (Wildman–Crippen LogP) is 3.49. The van der Waals surface area contributed by atoms with Crippen LogP contribution >= 0.6 is 23.1 Å². The molecule has 172 valence electrons. The van der Waals surface area contributed by atoms with E-state index in [4.69, 9.17) is 0 Å². The standard InChI is InChI=1S/C21H30FN3O3S3/c1-4-25(5-2)19(16-10-13-30-15-16)14-23-21(26)18(11-12-29-3)24-31(27,28)20-9-7-6-8-17(20)22/h6-10,13,15,18-19,24H,4-5,11-12,14H2,1-3H3,(H,23,26). The van der Waals surface area contributed by atoms with Crippen molar-refractivity contribution in [3.8, 4) is 0 Å². The molecule has 10 heteroatoms. The first-order chi connectivity index (χ1) is 14.8. The number of benzene rings is 1. The fourth-order valence-electron chi connectivity index (χ4n) is 3.30. The van der Waals surface area contributed by atoms with Crippen molar-refractivity contribution in [1.82, 2.24) is 14.9 Å². The second kappa shape index (κ2) is 12.5. The fourth-order valence-corrected chi connectivity index (χ4v) is 5.79. The van der Waals surface area contributed by atoms with Crippen LogP contribution in [0.3, 0.4) is 0 Å². The van der Waals surface area contributed by atoms with Crippen molar-refractivity contribution in [3.63, 3.8) is 0 Å². The van der Waals surface area contributed by atoms with Crippen molar-refractivity contribution < 1.29 is 17.6 Å². The first-order valence-corrected chi connectivity index (χ1v) is 14.0. The predicted molar refractivity (Wildman–Crippen MR) is 126 cm³/mol. The van der Waals surface area contributed by atoms with Crippen LogP contribution in [-0.4, -0.2) is 56.9 Å². The molecule has 2 N–H and O–H groups in total. The lowest BCUT2D eigenvalue weighted by Gasteiger charge is -2.30. The van der Waals surface area contributed by atoms with Crippen LogP contribution in [0.15, 0.2) is 46.0 Å². The van der Waals surface area contributed by atoms with Gasteiger partial charge >= 0.3 is 0 Å². The van der Waals surface area contributed by atoms with E-state index < -0.39 is 32.7 Å². The molecule has 2 aromatic rings. The van der Waals surface area contributed by atoms with Crippen LogP contribution in [0, 0.1) is 5.82 Å². The summed E-state index contributed by atoms with van der Waals surface area (Å²) in [7, 11) is -4.18. The second-order valence-corrected chi connectivity index (χ2v) is 10.4. The van der Waals surface area contributed by atoms with Gasteiger partial charge in [-0.1, -0.05) is 26.0 Å². The Kier molecular flexibility index (Phi) is 10.4. The minimum absolute atomic E-state index is 0.00502. The van der Waals surface area contributed by atoms with Gasteiger partial charge in [0.1, 0.15) is 16.8 Å². The third kappa shape index (κ3) is 7.28. The van der Waals surface area contributed by atoms with Gasteiger partial charge in [0, 0.05) is 6.54 Å². The molecule has 1 aromatic carbocycles. The summed E-state index contributed by atoms with van der Waals surface area (Å²) < 4.78 is 41.9. The molecule has 0 aliphatic rings. The molecule has 2 rings (SSSR count). The van der Waals surface area contributed by atoms with Gasteiger partial charge in [-0.2, -0.15) is 27.8 Å². The van der Waals surface area contributed by atoms with Crippen LogP contribution in [0.1, 0.15) is 31.9 Å². The third-order valence-corrected chi connectivity index (χ3v) is 7.85. The minimum Gasteiger partial charge on any atom is -0.353 e. The summed E-state index contributed by atoms with van der Waals surface area (Å²) in [6, 6.07) is 6.18. The topological polar surface area (TPSA) is 78.5 Å². The van der Waals surface area contributed by atoms with E-state index >= 15 is 0 Å². The highest BCUT2D eigenvalue weighted by atomic mass is 32.2. The average Bonchev–Trinajstić information content (AvgIpc) is 3.28. The Hall–Kier alpha value is -1.46. The maximum atomic E-state index is 14.0. The van der Waals surface area contributed by atoms with E-state index in [0.29, 0.717) is 18.7 Å². The Bertz CT molecular complexity index is 919. The molecule has 6 nitrogen and oxygen atoms in total. The fraction of sp³-hybridized carbons (Fsp3) is 0.476. The molecule has 1 amide bonds. The van der Waals surface area contributed by atoms with Crippen LogP contribution in [0.4, 0.5) is 4.39 Å². The van der Waals surface area contributed by atoms with Crippen molar-refractivity contribution >= 4 is 39.0 Å². The van der Waals surface area contributed by atoms with Crippen molar-refractivity contribution in [1.29, 1.82) is 0 Å². The number of amides is 1. The summed E-state index contributed by atoms with van der Waals surface area (Å²) in [6.07, 6.45) is 2.18. The minimum atomic E-state index is -4.18. The molecular formula is C21H30FN3O3S3. The molecule has 2 unspecified atom stereocenters. The molecule has 0 radical (unpaired) electrons. The zero-order valence-corrected chi connectivity index (χ0v) is 20.5. The number of halogens is 1. The molecule has 0 fully saturated rings. The van der Waals surface area contributed by atoms with Gasteiger partial charge in [-0.25, -0.2) is 12.8 Å². The molecule has 0 saturated heterocycles. The van der Waals surface area contributed by atoms with Crippen molar-refractivity contribution in [3.05, 3.63) is 52.5 Å². The van der Waals surface area contributed by atoms with E-state index in [0.717, 1.165) is 24.7 Å². The van der Waals surface area contributed by atoms with Crippen LogP contribution in [0.5, 0.6) is 0 Å². The Morgan fingerprint density at radius 1 is 1.23 bits per heavy atom. The Balaban J connectivity index is 2.16. The van der Waals surface area contributed by atoms with Crippen LogP contribution in [0.25, 0.3) is 0 Å². The second-order valence-electron chi connectivity index (χ2n) is 6.92. The highest BCUT2D eigenvalue weighted by molar-refractivity contribution is 7.98. The zero-order chi connectivity index (χ0) is 22.9. The largest absolute Gasteiger partial charge is 0.353 e. The quantitative estimate of drug-likeness (QED) is 0.452. The Morgan fingerprint density at radius 3 is 2.52 bits per heavy atom. The number of hydrogen-bond donors (Lipinski definition) is 2. The molecule has 1 aromatic heterocycles. The number of carbonyl (C=O) groups is 1. The molecule has 2 atom stereocenters. The van der Waals surface area contributed by atoms with E-state index in [1.807, 2.05) is 17.7 Å². The van der Waals surface area contributed by atoms with Gasteiger partial charge in [0.15, 0.2) is 0 Å². The van der Waals surface area contributed by atoms with Crippen molar-refractivity contribution in [2.75, 3.05) is 31.6 Å². The Labute approximate surface area is 192 Å². The van der Waals surface area contributed by atoms with Crippen LogP contribution in [-0.2, 0) is 14.8 Å². The smallest absolute Gasteiger partial charge is 0.244 e. The summed E-state index contributed by atoms with van der Waals surface area (Å²) >= 11 is 3.11. The van der Waals surface area contributed by atoms with Gasteiger partial charge in [0.2, 0.25) is 15.9 Å². The molecule has 0 aliphatic carbocycles. The summed E-state index contributed by atoms with van der Waals surface area (Å²) in [5, 5.41) is 6.97. The van der Waals surface area contributed by atoms with E-state index in [-0.39, 0.29) is 6.04 Å². The van der Waals surface area contributed by atoms with Gasteiger partial charge in [-0.05, 0) is 66.0 Å². The maximum Gasteiger partial charge on any atom is 0.244 e. The summed E-state index contributed by atoms with van der Waals surface area (Å²) in [6.45, 7) is 6.13. The van der Waals surface area contributed by atoms with Crippen LogP contribution < -0.4 is 10.0 Å².